The van der Waals surface area contributed by atoms with Crippen molar-refractivity contribution in [3.8, 4) is 0 Å². The summed E-state index contributed by atoms with van der Waals surface area (Å²) in [5.41, 5.74) is 3.17. The van der Waals surface area contributed by atoms with E-state index in [-0.39, 0.29) is 6.42 Å². The van der Waals surface area contributed by atoms with Crippen LogP contribution in [0.25, 0.3) is 10.9 Å². The second-order valence-electron chi connectivity index (χ2n) is 3.64. The maximum Gasteiger partial charge on any atom is 0.303 e. The SMILES string of the molecule is Cc1cc(CCC(=O)O)cc2cn[nH]c12. The minimum Gasteiger partial charge on any atom is -0.481 e. The van der Waals surface area contributed by atoms with Gasteiger partial charge in [0.1, 0.15) is 0 Å². The van der Waals surface area contributed by atoms with E-state index in [0.29, 0.717) is 6.42 Å². The number of aliphatic carboxylic acids is 1. The van der Waals surface area contributed by atoms with Crippen molar-refractivity contribution in [3.05, 3.63) is 29.5 Å². The molecule has 0 fully saturated rings. The molecule has 2 aromatic rings. The lowest BCUT2D eigenvalue weighted by atomic mass is 10.0. The van der Waals surface area contributed by atoms with Crippen molar-refractivity contribution in [2.45, 2.75) is 19.8 Å². The number of aromatic amines is 1. The number of nitrogens with zero attached hydrogens (tertiary/aromatic N) is 1. The van der Waals surface area contributed by atoms with E-state index < -0.39 is 5.97 Å². The summed E-state index contributed by atoms with van der Waals surface area (Å²) in [6.07, 6.45) is 2.49. The third-order valence-electron chi connectivity index (χ3n) is 2.43. The number of hydrogen-bond donors (Lipinski definition) is 2. The van der Waals surface area contributed by atoms with Gasteiger partial charge in [0.25, 0.3) is 0 Å². The smallest absolute Gasteiger partial charge is 0.303 e. The maximum atomic E-state index is 10.5. The molecule has 0 unspecified atom stereocenters. The number of carboxylic acids is 1. The van der Waals surface area contributed by atoms with E-state index in [0.717, 1.165) is 22.0 Å². The summed E-state index contributed by atoms with van der Waals surface area (Å²) >= 11 is 0. The molecule has 0 aliphatic heterocycles. The van der Waals surface area contributed by atoms with Crippen LogP contribution in [0.3, 0.4) is 0 Å². The van der Waals surface area contributed by atoms with Crippen LogP contribution in [-0.4, -0.2) is 21.3 Å². The number of aromatic nitrogens is 2. The molecule has 78 valence electrons. The number of fused-ring (bicyclic) bond motifs is 1. The van der Waals surface area contributed by atoms with Crippen molar-refractivity contribution in [1.29, 1.82) is 0 Å². The Hall–Kier alpha value is -1.84. The van der Waals surface area contributed by atoms with Gasteiger partial charge in [-0.15, -0.1) is 0 Å². The summed E-state index contributed by atoms with van der Waals surface area (Å²) in [4.78, 5) is 10.5. The Morgan fingerprint density at radius 3 is 3.07 bits per heavy atom. The Labute approximate surface area is 86.9 Å². The van der Waals surface area contributed by atoms with Crippen molar-refractivity contribution in [1.82, 2.24) is 10.2 Å². The summed E-state index contributed by atoms with van der Waals surface area (Å²) in [5, 5.41) is 16.5. The second-order valence-corrected chi connectivity index (χ2v) is 3.64. The van der Waals surface area contributed by atoms with Crippen molar-refractivity contribution >= 4 is 16.9 Å². The third kappa shape index (κ3) is 1.98. The first-order chi connectivity index (χ1) is 7.16. The Morgan fingerprint density at radius 1 is 1.53 bits per heavy atom. The quantitative estimate of drug-likeness (QED) is 0.802. The highest BCUT2D eigenvalue weighted by Crippen LogP contribution is 2.18. The predicted octanol–water partition coefficient (Wildman–Crippen LogP) is 1.89. The molecule has 15 heavy (non-hydrogen) atoms. The molecular formula is C11H12N2O2. The van der Waals surface area contributed by atoms with E-state index in [1.807, 2.05) is 19.1 Å². The summed E-state index contributed by atoms with van der Waals surface area (Å²) in [7, 11) is 0. The molecule has 0 saturated carbocycles. The number of benzene rings is 1. The molecule has 4 heteroatoms. The topological polar surface area (TPSA) is 66.0 Å². The molecule has 1 heterocycles. The number of aryl methyl sites for hydroxylation is 2. The van der Waals surface area contributed by atoms with E-state index in [9.17, 15) is 4.79 Å². The molecule has 0 bridgehead atoms. The first-order valence-electron chi connectivity index (χ1n) is 4.81. The van der Waals surface area contributed by atoms with Gasteiger partial charge in [-0.25, -0.2) is 0 Å². The molecule has 0 saturated heterocycles. The van der Waals surface area contributed by atoms with Crippen molar-refractivity contribution in [3.63, 3.8) is 0 Å². The number of rotatable bonds is 3. The molecule has 0 aliphatic rings. The van der Waals surface area contributed by atoms with Crippen LogP contribution in [0.15, 0.2) is 18.3 Å². The molecule has 0 amide bonds. The van der Waals surface area contributed by atoms with Gasteiger partial charge >= 0.3 is 5.97 Å². The normalized spacial score (nSPS) is 10.7. The monoisotopic (exact) mass is 204 g/mol. The van der Waals surface area contributed by atoms with Crippen LogP contribution in [0.2, 0.25) is 0 Å². The van der Waals surface area contributed by atoms with Crippen molar-refractivity contribution < 1.29 is 9.90 Å². The highest BCUT2D eigenvalue weighted by Gasteiger charge is 2.04. The minimum atomic E-state index is -0.764. The lowest BCUT2D eigenvalue weighted by Crippen LogP contribution is -1.97. The van der Waals surface area contributed by atoms with E-state index in [2.05, 4.69) is 10.2 Å². The molecule has 1 aromatic carbocycles. The van der Waals surface area contributed by atoms with Crippen LogP contribution < -0.4 is 0 Å². The number of carbonyl (C=O) groups is 1. The van der Waals surface area contributed by atoms with E-state index >= 15 is 0 Å². The minimum absolute atomic E-state index is 0.169. The van der Waals surface area contributed by atoms with Crippen LogP contribution >= 0.6 is 0 Å². The Bertz CT molecular complexity index is 502. The Morgan fingerprint density at radius 2 is 2.33 bits per heavy atom. The van der Waals surface area contributed by atoms with Crippen LogP contribution in [0.1, 0.15) is 17.5 Å². The van der Waals surface area contributed by atoms with E-state index in [1.165, 1.54) is 0 Å². The molecule has 1 aromatic heterocycles. The average molecular weight is 204 g/mol. The van der Waals surface area contributed by atoms with E-state index in [1.54, 1.807) is 6.20 Å². The zero-order valence-corrected chi connectivity index (χ0v) is 8.45. The van der Waals surface area contributed by atoms with E-state index in [4.69, 9.17) is 5.11 Å². The third-order valence-corrected chi connectivity index (χ3v) is 2.43. The van der Waals surface area contributed by atoms with Crippen LogP contribution in [0.4, 0.5) is 0 Å². The summed E-state index contributed by atoms with van der Waals surface area (Å²) in [5.74, 6) is -0.764. The maximum absolute atomic E-state index is 10.5. The lowest BCUT2D eigenvalue weighted by Gasteiger charge is -2.02. The molecule has 4 nitrogen and oxygen atoms in total. The van der Waals surface area contributed by atoms with Gasteiger partial charge < -0.3 is 5.11 Å². The van der Waals surface area contributed by atoms with Crippen molar-refractivity contribution in [2.75, 3.05) is 0 Å². The van der Waals surface area contributed by atoms with Gasteiger partial charge in [-0.2, -0.15) is 5.10 Å². The number of hydrogen-bond acceptors (Lipinski definition) is 2. The fraction of sp³-hybridized carbons (Fsp3) is 0.273. The largest absolute Gasteiger partial charge is 0.481 e. The number of carboxylic acid groups (broad SMARTS) is 1. The van der Waals surface area contributed by atoms with Crippen LogP contribution in [-0.2, 0) is 11.2 Å². The summed E-state index contributed by atoms with van der Waals surface area (Å²) in [6.45, 7) is 1.99. The highest BCUT2D eigenvalue weighted by atomic mass is 16.4. The first-order valence-corrected chi connectivity index (χ1v) is 4.81. The van der Waals surface area contributed by atoms with Gasteiger partial charge in [0.2, 0.25) is 0 Å². The van der Waals surface area contributed by atoms with Gasteiger partial charge in [-0.05, 0) is 30.5 Å². The average Bonchev–Trinajstić information content (AvgIpc) is 2.63. The van der Waals surface area contributed by atoms with Gasteiger partial charge in [0.15, 0.2) is 0 Å². The second kappa shape index (κ2) is 3.73. The standard InChI is InChI=1S/C11H12N2O2/c1-7-4-8(2-3-10(14)15)5-9-6-12-13-11(7)9/h4-6H,2-3H2,1H3,(H,12,13)(H,14,15). The predicted molar refractivity (Wildman–Crippen MR) is 56.8 cm³/mol. The first kappa shape index (κ1) is 9.71. The van der Waals surface area contributed by atoms with Gasteiger partial charge in [-0.1, -0.05) is 6.07 Å². The fourth-order valence-corrected chi connectivity index (χ4v) is 1.71. The number of nitrogens with one attached hydrogen (secondary N) is 1. The van der Waals surface area contributed by atoms with Crippen molar-refractivity contribution in [2.24, 2.45) is 0 Å². The van der Waals surface area contributed by atoms with Gasteiger partial charge in [0, 0.05) is 11.8 Å². The summed E-state index contributed by atoms with van der Waals surface area (Å²) < 4.78 is 0. The number of H-pyrrole nitrogens is 1. The molecule has 0 aliphatic carbocycles. The van der Waals surface area contributed by atoms with Crippen LogP contribution in [0.5, 0.6) is 0 Å². The van der Waals surface area contributed by atoms with Gasteiger partial charge in [0.05, 0.1) is 11.7 Å². The van der Waals surface area contributed by atoms with Crippen LogP contribution in [0, 0.1) is 6.92 Å². The lowest BCUT2D eigenvalue weighted by molar-refractivity contribution is -0.136. The molecule has 0 atom stereocenters. The zero-order chi connectivity index (χ0) is 10.8. The molecule has 2 N–H and O–H groups in total. The Balaban J connectivity index is 2.32. The van der Waals surface area contributed by atoms with Gasteiger partial charge in [-0.3, -0.25) is 9.89 Å². The summed E-state index contributed by atoms with van der Waals surface area (Å²) in [6, 6.07) is 3.98. The Kier molecular flexibility index (Phi) is 2.41. The molecule has 0 spiro atoms. The molecule has 2 rings (SSSR count). The highest BCUT2D eigenvalue weighted by molar-refractivity contribution is 5.82. The molecular weight excluding hydrogens is 192 g/mol. The fourth-order valence-electron chi connectivity index (χ4n) is 1.71. The zero-order valence-electron chi connectivity index (χ0n) is 8.45. The molecule has 0 radical (unpaired) electrons.